The molecule has 2 atom stereocenters. The number of carbonyl (C=O) groups excluding carboxylic acids is 1. The van der Waals surface area contributed by atoms with Gasteiger partial charge in [-0.25, -0.2) is 8.42 Å². The lowest BCUT2D eigenvalue weighted by Crippen LogP contribution is -2.37. The van der Waals surface area contributed by atoms with Crippen molar-refractivity contribution in [1.82, 2.24) is 0 Å². The first kappa shape index (κ1) is 22.7. The number of hydrogen-bond donors (Lipinski definition) is 0. The van der Waals surface area contributed by atoms with Crippen LogP contribution in [0.4, 0.5) is 5.69 Å². The maximum atomic E-state index is 12.8. The Hall–Kier alpha value is -3.10. The Balaban J connectivity index is 1.40. The summed E-state index contributed by atoms with van der Waals surface area (Å²) in [5.41, 5.74) is 2.79. The third-order valence-corrected chi connectivity index (χ3v) is 9.03. The van der Waals surface area contributed by atoms with Gasteiger partial charge in [-0.15, -0.1) is 0 Å². The predicted molar refractivity (Wildman–Crippen MR) is 137 cm³/mol. The Bertz CT molecular complexity index is 1340. The Kier molecular flexibility index (Phi) is 6.18. The minimum absolute atomic E-state index is 0.0536. The highest BCUT2D eigenvalue weighted by atomic mass is 32.2. The second-order valence-corrected chi connectivity index (χ2v) is 11.9. The van der Waals surface area contributed by atoms with Gasteiger partial charge < -0.3 is 9.64 Å². The molecule has 1 amide bonds. The predicted octanol–water partition coefficient (Wildman–Crippen LogP) is 4.63. The van der Waals surface area contributed by atoms with Crippen LogP contribution in [-0.2, 0) is 21.1 Å². The number of nitrogens with zero attached hydrogens (tertiary/aromatic N) is 2. The molecule has 2 saturated heterocycles. The van der Waals surface area contributed by atoms with E-state index in [1.807, 2.05) is 90.7 Å². The van der Waals surface area contributed by atoms with Gasteiger partial charge in [-0.1, -0.05) is 59.8 Å². The van der Waals surface area contributed by atoms with Gasteiger partial charge in [-0.2, -0.15) is 4.99 Å². The smallest absolute Gasteiger partial charge is 0.252 e. The SMILES string of the molecule is Cc1cccc(CC(=O)N=C2S[C@@H]3CS(=O)(=O)C[C@H]3N2c2ccc(Oc3ccccc3)cc2)c1. The van der Waals surface area contributed by atoms with Crippen LogP contribution >= 0.6 is 11.8 Å². The van der Waals surface area contributed by atoms with E-state index in [1.54, 1.807) is 0 Å². The number of anilines is 1. The van der Waals surface area contributed by atoms with Gasteiger partial charge in [-0.05, 0) is 48.9 Å². The molecule has 174 valence electrons. The molecular formula is C26H24N2O4S2. The number of hydrogen-bond acceptors (Lipinski definition) is 5. The van der Waals surface area contributed by atoms with Crippen LogP contribution in [0.15, 0.2) is 83.9 Å². The van der Waals surface area contributed by atoms with Crippen molar-refractivity contribution < 1.29 is 17.9 Å². The fourth-order valence-electron chi connectivity index (χ4n) is 4.31. The summed E-state index contributed by atoms with van der Waals surface area (Å²) in [6.07, 6.45) is 0.205. The van der Waals surface area contributed by atoms with E-state index in [4.69, 9.17) is 4.74 Å². The lowest BCUT2D eigenvalue weighted by atomic mass is 10.1. The standard InChI is InChI=1S/C26H24N2O4S2/c1-18-6-5-7-19(14-18)15-25(29)27-26-28(23-16-34(30,31)17-24(23)33-26)20-10-12-22(13-11-20)32-21-8-3-2-4-9-21/h2-14,23-24H,15-17H2,1H3/t23-,24-/m1/s1. The van der Waals surface area contributed by atoms with E-state index in [1.165, 1.54) is 11.8 Å². The number of aliphatic imine (C=N–C) groups is 1. The first-order valence-electron chi connectivity index (χ1n) is 11.0. The lowest BCUT2D eigenvalue weighted by Gasteiger charge is -2.24. The van der Waals surface area contributed by atoms with Crippen LogP contribution < -0.4 is 9.64 Å². The van der Waals surface area contributed by atoms with E-state index in [9.17, 15) is 13.2 Å². The summed E-state index contributed by atoms with van der Waals surface area (Å²) in [6, 6.07) is 24.5. The van der Waals surface area contributed by atoms with Crippen LogP contribution in [0.2, 0.25) is 0 Å². The Labute approximate surface area is 203 Å². The summed E-state index contributed by atoms with van der Waals surface area (Å²) >= 11 is 1.38. The molecule has 2 heterocycles. The molecule has 0 unspecified atom stereocenters. The summed E-state index contributed by atoms with van der Waals surface area (Å²) in [7, 11) is -3.13. The zero-order valence-corrected chi connectivity index (χ0v) is 20.3. The lowest BCUT2D eigenvalue weighted by molar-refractivity contribution is -0.117. The zero-order valence-electron chi connectivity index (χ0n) is 18.6. The van der Waals surface area contributed by atoms with Crippen molar-refractivity contribution >= 4 is 38.4 Å². The minimum Gasteiger partial charge on any atom is -0.457 e. The molecule has 2 fully saturated rings. The first-order chi connectivity index (χ1) is 16.4. The van der Waals surface area contributed by atoms with Gasteiger partial charge in [-0.3, -0.25) is 4.79 Å². The maximum Gasteiger partial charge on any atom is 0.252 e. The normalized spacial score (nSPS) is 22.0. The molecule has 34 heavy (non-hydrogen) atoms. The third-order valence-electron chi connectivity index (χ3n) is 5.82. The number of carbonyl (C=O) groups is 1. The van der Waals surface area contributed by atoms with Crippen molar-refractivity contribution in [3.8, 4) is 11.5 Å². The molecule has 0 bridgehead atoms. The average Bonchev–Trinajstić information content (AvgIpc) is 3.25. The summed E-state index contributed by atoms with van der Waals surface area (Å²) in [4.78, 5) is 19.1. The van der Waals surface area contributed by atoms with Crippen LogP contribution in [0.5, 0.6) is 11.5 Å². The van der Waals surface area contributed by atoms with Crippen molar-refractivity contribution in [2.24, 2.45) is 4.99 Å². The van der Waals surface area contributed by atoms with Crippen molar-refractivity contribution in [3.05, 3.63) is 90.0 Å². The Morgan fingerprint density at radius 1 is 1.00 bits per heavy atom. The highest BCUT2D eigenvalue weighted by Crippen LogP contribution is 2.41. The number of rotatable bonds is 5. The number of para-hydroxylation sites is 1. The third kappa shape index (κ3) is 5.03. The zero-order chi connectivity index (χ0) is 23.7. The molecule has 3 aromatic rings. The minimum atomic E-state index is -3.13. The summed E-state index contributed by atoms with van der Waals surface area (Å²) in [5.74, 6) is 1.31. The maximum absolute atomic E-state index is 12.8. The second-order valence-electron chi connectivity index (χ2n) is 8.53. The van der Waals surface area contributed by atoms with E-state index in [0.29, 0.717) is 10.9 Å². The van der Waals surface area contributed by atoms with Gasteiger partial charge >= 0.3 is 0 Å². The highest BCUT2D eigenvalue weighted by molar-refractivity contribution is 8.16. The number of thioether (sulfide) groups is 1. The van der Waals surface area contributed by atoms with Crippen LogP contribution in [-0.4, -0.2) is 42.3 Å². The first-order valence-corrected chi connectivity index (χ1v) is 13.7. The van der Waals surface area contributed by atoms with Crippen LogP contribution in [0.25, 0.3) is 0 Å². The second kappa shape index (κ2) is 9.27. The van der Waals surface area contributed by atoms with Crippen LogP contribution in [0, 0.1) is 6.92 Å². The van der Waals surface area contributed by atoms with Gasteiger partial charge in [0.15, 0.2) is 15.0 Å². The molecule has 5 rings (SSSR count). The number of benzene rings is 3. The fraction of sp³-hybridized carbons (Fsp3) is 0.231. The molecule has 0 saturated carbocycles. The summed E-state index contributed by atoms with van der Waals surface area (Å²) < 4.78 is 30.5. The largest absolute Gasteiger partial charge is 0.457 e. The molecular weight excluding hydrogens is 468 g/mol. The van der Waals surface area contributed by atoms with Gasteiger partial charge in [0.1, 0.15) is 11.5 Å². The average molecular weight is 493 g/mol. The number of aryl methyl sites for hydroxylation is 1. The molecule has 3 aromatic carbocycles. The molecule has 0 spiro atoms. The number of sulfone groups is 1. The van der Waals surface area contributed by atoms with E-state index < -0.39 is 9.84 Å². The van der Waals surface area contributed by atoms with Crippen molar-refractivity contribution in [1.29, 1.82) is 0 Å². The molecule has 2 aliphatic heterocycles. The molecule has 0 radical (unpaired) electrons. The molecule has 8 heteroatoms. The molecule has 0 aliphatic carbocycles. The number of amidine groups is 1. The topological polar surface area (TPSA) is 76.0 Å². The van der Waals surface area contributed by atoms with Gasteiger partial charge in [0.05, 0.1) is 24.0 Å². The molecule has 0 aromatic heterocycles. The van der Waals surface area contributed by atoms with E-state index in [2.05, 4.69) is 4.99 Å². The van der Waals surface area contributed by atoms with Crippen LogP contribution in [0.1, 0.15) is 11.1 Å². The number of ether oxygens (including phenoxy) is 1. The number of fused-ring (bicyclic) bond motifs is 1. The fourth-order valence-corrected chi connectivity index (χ4v) is 8.24. The summed E-state index contributed by atoms with van der Waals surface area (Å²) in [5, 5.41) is 0.412. The quantitative estimate of drug-likeness (QED) is 0.517. The van der Waals surface area contributed by atoms with E-state index in [0.717, 1.165) is 22.6 Å². The monoisotopic (exact) mass is 492 g/mol. The van der Waals surface area contributed by atoms with Gasteiger partial charge in [0.25, 0.3) is 5.91 Å². The van der Waals surface area contributed by atoms with Gasteiger partial charge in [0, 0.05) is 10.9 Å². The van der Waals surface area contributed by atoms with E-state index in [-0.39, 0.29) is 35.1 Å². The van der Waals surface area contributed by atoms with Crippen molar-refractivity contribution in [3.63, 3.8) is 0 Å². The molecule has 0 N–H and O–H groups in total. The van der Waals surface area contributed by atoms with Crippen molar-refractivity contribution in [2.45, 2.75) is 24.6 Å². The van der Waals surface area contributed by atoms with Crippen LogP contribution in [0.3, 0.4) is 0 Å². The highest BCUT2D eigenvalue weighted by Gasteiger charge is 2.49. The Morgan fingerprint density at radius 2 is 1.74 bits per heavy atom. The van der Waals surface area contributed by atoms with Gasteiger partial charge in [0.2, 0.25) is 0 Å². The summed E-state index contributed by atoms with van der Waals surface area (Å²) in [6.45, 7) is 1.99. The molecule has 6 nitrogen and oxygen atoms in total. The van der Waals surface area contributed by atoms with E-state index >= 15 is 0 Å². The Morgan fingerprint density at radius 3 is 2.47 bits per heavy atom. The number of amides is 1. The van der Waals surface area contributed by atoms with Crippen molar-refractivity contribution in [2.75, 3.05) is 16.4 Å². The molecule has 2 aliphatic rings.